The summed E-state index contributed by atoms with van der Waals surface area (Å²) >= 11 is 0. The van der Waals surface area contributed by atoms with E-state index in [1.54, 1.807) is 0 Å². The van der Waals surface area contributed by atoms with Crippen molar-refractivity contribution < 1.29 is 4.43 Å². The molecule has 0 aliphatic carbocycles. The topological polar surface area (TPSA) is 21.6 Å². The van der Waals surface area contributed by atoms with Crippen LogP contribution in [-0.4, -0.2) is 28.9 Å². The average Bonchev–Trinajstić information content (AvgIpc) is 2.06. The zero-order valence-corrected chi connectivity index (χ0v) is 17.0. The van der Waals surface area contributed by atoms with Gasteiger partial charge >= 0.3 is 0 Å². The van der Waals surface area contributed by atoms with Crippen LogP contribution in [0, 0.1) is 5.41 Å². The zero-order valence-electron chi connectivity index (χ0n) is 15.0. The molecule has 0 rings (SSSR count). The van der Waals surface area contributed by atoms with Gasteiger partial charge in [0.15, 0.2) is 16.6 Å². The molecule has 0 N–H and O–H groups in total. The van der Waals surface area contributed by atoms with Gasteiger partial charge in [0.2, 0.25) is 0 Å². The molecule has 2 nitrogen and oxygen atoms in total. The molecule has 0 fully saturated rings. The Bertz CT molecular complexity index is 317. The zero-order chi connectivity index (χ0) is 15.7. The Morgan fingerprint density at radius 1 is 0.895 bits per heavy atom. The first kappa shape index (κ1) is 19.1. The first-order valence-corrected chi connectivity index (χ1v) is 13.6. The van der Waals surface area contributed by atoms with Gasteiger partial charge < -0.3 is 9.08 Å². The monoisotopic (exact) mass is 301 g/mol. The average molecular weight is 302 g/mol. The smallest absolute Gasteiger partial charge is 0.192 e. The molecular formula is C15H35NOSi2. The first-order valence-electron chi connectivity index (χ1n) is 7.29. The SMILES string of the molecule is CC(C)(C)[C@@H](/C=N/[Si](C)(C)C)O[Si](C)(C)C(C)(C)C. The first-order chi connectivity index (χ1) is 8.06. The molecule has 0 saturated heterocycles. The fourth-order valence-electron chi connectivity index (χ4n) is 1.22. The molecule has 0 spiro atoms. The summed E-state index contributed by atoms with van der Waals surface area (Å²) in [7, 11) is -3.17. The number of hydrogen-bond acceptors (Lipinski definition) is 2. The van der Waals surface area contributed by atoms with Gasteiger partial charge in [-0.1, -0.05) is 41.5 Å². The van der Waals surface area contributed by atoms with Crippen LogP contribution < -0.4 is 0 Å². The van der Waals surface area contributed by atoms with Crippen molar-refractivity contribution in [1.29, 1.82) is 0 Å². The van der Waals surface area contributed by atoms with E-state index in [9.17, 15) is 0 Å². The fourth-order valence-corrected chi connectivity index (χ4v) is 3.20. The highest BCUT2D eigenvalue weighted by atomic mass is 28.4. The van der Waals surface area contributed by atoms with Crippen LogP contribution in [-0.2, 0) is 4.43 Å². The van der Waals surface area contributed by atoms with Crippen molar-refractivity contribution in [3.05, 3.63) is 0 Å². The maximum Gasteiger partial charge on any atom is 0.192 e. The third-order valence-electron chi connectivity index (χ3n) is 3.68. The maximum atomic E-state index is 6.57. The lowest BCUT2D eigenvalue weighted by Gasteiger charge is -2.42. The van der Waals surface area contributed by atoms with Crippen molar-refractivity contribution >= 4 is 22.8 Å². The quantitative estimate of drug-likeness (QED) is 0.508. The molecule has 4 heteroatoms. The molecule has 0 bridgehead atoms. The van der Waals surface area contributed by atoms with Gasteiger partial charge in [-0.15, -0.1) is 0 Å². The highest BCUT2D eigenvalue weighted by Gasteiger charge is 2.41. The predicted molar refractivity (Wildman–Crippen MR) is 93.4 cm³/mol. The summed E-state index contributed by atoms with van der Waals surface area (Å²) in [6.07, 6.45) is 2.20. The van der Waals surface area contributed by atoms with Crippen molar-refractivity contribution in [1.82, 2.24) is 0 Å². The van der Waals surface area contributed by atoms with E-state index in [2.05, 4.69) is 80.5 Å². The second-order valence-corrected chi connectivity index (χ2v) is 18.5. The molecule has 0 radical (unpaired) electrons. The van der Waals surface area contributed by atoms with Gasteiger partial charge in [0.25, 0.3) is 0 Å². The lowest BCUT2D eigenvalue weighted by molar-refractivity contribution is 0.134. The van der Waals surface area contributed by atoms with Gasteiger partial charge in [-0.05, 0) is 43.2 Å². The van der Waals surface area contributed by atoms with Gasteiger partial charge in [0, 0.05) is 6.21 Å². The van der Waals surface area contributed by atoms with Crippen LogP contribution in [0.1, 0.15) is 41.5 Å². The minimum absolute atomic E-state index is 0.0959. The normalized spacial score (nSPS) is 17.0. The molecule has 0 heterocycles. The van der Waals surface area contributed by atoms with E-state index in [1.165, 1.54) is 0 Å². The van der Waals surface area contributed by atoms with Crippen LogP contribution in [0.4, 0.5) is 0 Å². The molecule has 0 aliphatic rings. The summed E-state index contributed by atoms with van der Waals surface area (Å²) in [6.45, 7) is 25.0. The Morgan fingerprint density at radius 3 is 1.58 bits per heavy atom. The minimum Gasteiger partial charge on any atom is -0.409 e. The molecule has 0 amide bonds. The van der Waals surface area contributed by atoms with Crippen molar-refractivity contribution in [2.45, 2.75) is 85.4 Å². The van der Waals surface area contributed by atoms with Crippen molar-refractivity contribution in [3.63, 3.8) is 0 Å². The number of hydrogen-bond donors (Lipinski definition) is 0. The molecule has 114 valence electrons. The summed E-state index contributed by atoms with van der Waals surface area (Å²) in [6, 6.07) is 0. The Hall–Kier alpha value is 0.0638. The van der Waals surface area contributed by atoms with E-state index in [4.69, 9.17) is 9.08 Å². The Labute approximate surface area is 123 Å². The van der Waals surface area contributed by atoms with Crippen molar-refractivity contribution in [3.8, 4) is 0 Å². The van der Waals surface area contributed by atoms with Crippen molar-refractivity contribution in [2.24, 2.45) is 10.1 Å². The lowest BCUT2D eigenvalue weighted by Crippen LogP contribution is -2.48. The van der Waals surface area contributed by atoms with Crippen molar-refractivity contribution in [2.75, 3.05) is 0 Å². The summed E-state index contributed by atoms with van der Waals surface area (Å²) in [5, 5.41) is 0.240. The highest BCUT2D eigenvalue weighted by molar-refractivity contribution is 6.75. The summed E-state index contributed by atoms with van der Waals surface area (Å²) in [5.74, 6) is 0. The molecule has 0 aromatic carbocycles. The van der Waals surface area contributed by atoms with Gasteiger partial charge in [-0.3, -0.25) is 0 Å². The van der Waals surface area contributed by atoms with Crippen LogP contribution in [0.15, 0.2) is 4.66 Å². The van der Waals surface area contributed by atoms with Crippen LogP contribution in [0.2, 0.25) is 37.8 Å². The third kappa shape index (κ3) is 6.86. The van der Waals surface area contributed by atoms with Gasteiger partial charge in [-0.25, -0.2) is 0 Å². The molecule has 0 aliphatic heterocycles. The highest BCUT2D eigenvalue weighted by Crippen LogP contribution is 2.39. The Balaban J connectivity index is 5.18. The number of rotatable bonds is 4. The molecule has 0 aromatic rings. The van der Waals surface area contributed by atoms with E-state index in [0.29, 0.717) is 0 Å². The van der Waals surface area contributed by atoms with E-state index >= 15 is 0 Å². The standard InChI is InChI=1S/C15H35NOSi2/c1-14(2,3)13(12-16-18(7,8)9)17-19(10,11)15(4,5)6/h12-13H,1-11H3/b16-12+/t13-/m1/s1. The number of nitrogens with zero attached hydrogens (tertiary/aromatic N) is 1. The van der Waals surface area contributed by atoms with Crippen LogP contribution in [0.5, 0.6) is 0 Å². The summed E-state index contributed by atoms with van der Waals surface area (Å²) in [4.78, 5) is 0. The van der Waals surface area contributed by atoms with Gasteiger partial charge in [0.05, 0.1) is 6.10 Å². The second kappa shape index (κ2) is 5.82. The van der Waals surface area contributed by atoms with Crippen LogP contribution in [0.3, 0.4) is 0 Å². The van der Waals surface area contributed by atoms with E-state index in [0.717, 1.165) is 0 Å². The lowest BCUT2D eigenvalue weighted by atomic mass is 9.90. The summed E-state index contributed by atoms with van der Waals surface area (Å²) < 4.78 is 11.4. The van der Waals surface area contributed by atoms with E-state index in [-0.39, 0.29) is 16.6 Å². The maximum absolute atomic E-state index is 6.57. The molecule has 19 heavy (non-hydrogen) atoms. The van der Waals surface area contributed by atoms with Gasteiger partial charge in [-0.2, -0.15) is 0 Å². The van der Waals surface area contributed by atoms with Crippen LogP contribution >= 0.6 is 0 Å². The second-order valence-electron chi connectivity index (χ2n) is 9.11. The minimum atomic E-state index is -1.75. The van der Waals surface area contributed by atoms with Gasteiger partial charge in [0.1, 0.15) is 0 Å². The molecular weight excluding hydrogens is 266 g/mol. The molecule has 0 saturated carbocycles. The third-order valence-corrected chi connectivity index (χ3v) is 9.06. The Morgan fingerprint density at radius 2 is 1.32 bits per heavy atom. The Kier molecular flexibility index (Phi) is 5.84. The predicted octanol–water partition coefficient (Wildman–Crippen LogP) is 5.33. The van der Waals surface area contributed by atoms with E-state index in [1.807, 2.05) is 0 Å². The molecule has 1 atom stereocenters. The van der Waals surface area contributed by atoms with Crippen LogP contribution in [0.25, 0.3) is 0 Å². The molecule has 0 aromatic heterocycles. The molecule has 0 unspecified atom stereocenters. The largest absolute Gasteiger partial charge is 0.409 e. The fraction of sp³-hybridized carbons (Fsp3) is 0.933. The summed E-state index contributed by atoms with van der Waals surface area (Å²) in [5.41, 5.74) is 0.0959. The van der Waals surface area contributed by atoms with E-state index < -0.39 is 16.6 Å².